The van der Waals surface area contributed by atoms with Crippen molar-refractivity contribution in [3.05, 3.63) is 343 Å². The molecule has 0 amide bonds. The maximum absolute atomic E-state index is 7.95. The highest BCUT2D eigenvalue weighted by Gasteiger charge is 2.50. The third-order valence-electron chi connectivity index (χ3n) is 25.6. The summed E-state index contributed by atoms with van der Waals surface area (Å²) in [7, 11) is 0. The number of aryl methyl sites for hydroxylation is 3. The van der Waals surface area contributed by atoms with Crippen LogP contribution < -0.4 is 93.0 Å². The molecule has 6 aliphatic heterocycles. The van der Waals surface area contributed by atoms with Crippen molar-refractivity contribution in [2.24, 2.45) is 0 Å². The van der Waals surface area contributed by atoms with Crippen LogP contribution in [0.25, 0.3) is 43.9 Å². The third kappa shape index (κ3) is 10.8. The first-order chi connectivity index (χ1) is 59.0. The summed E-state index contributed by atoms with van der Waals surface area (Å²) in [4.78, 5) is 9.50. The molecule has 0 radical (unpaired) electrons. The molecular formula is C107H80B3N5O6. The Kier molecular flexibility index (Phi) is 15.3. The van der Waals surface area contributed by atoms with Gasteiger partial charge < -0.3 is 52.7 Å². The van der Waals surface area contributed by atoms with Crippen molar-refractivity contribution in [2.75, 3.05) is 24.9 Å². The van der Waals surface area contributed by atoms with Gasteiger partial charge in [0.05, 0.1) is 33.5 Å². The number of anilines is 14. The minimum Gasteiger partial charge on any atom is -0.458 e. The fourth-order valence-corrected chi connectivity index (χ4v) is 20.6. The number of hydrogen-bond acceptors (Lipinski definition) is 11. The molecule has 0 aliphatic carbocycles. The van der Waals surface area contributed by atoms with Crippen LogP contribution in [0.1, 0.15) is 69.4 Å². The smallest absolute Gasteiger partial charge is 0.260 e. The number of nitrogens with one attached hydrogen (secondary N) is 1. The lowest BCUT2D eigenvalue weighted by Crippen LogP contribution is -2.64. The molecule has 14 heteroatoms. The number of benzene rings is 16. The Balaban J connectivity index is 0.783. The normalized spacial score (nSPS) is 13.4. The van der Waals surface area contributed by atoms with Crippen molar-refractivity contribution in [2.45, 2.75) is 73.1 Å². The molecule has 0 unspecified atom stereocenters. The number of hydrogen-bond donors (Lipinski definition) is 1. The molecule has 0 spiro atoms. The lowest BCUT2D eigenvalue weighted by Gasteiger charge is -2.43. The van der Waals surface area contributed by atoms with Crippen LogP contribution in [0.2, 0.25) is 0 Å². The number of ether oxygens (including phenoxy) is 4. The predicted molar refractivity (Wildman–Crippen MR) is 501 cm³/mol. The van der Waals surface area contributed by atoms with E-state index in [2.05, 4.69) is 403 Å². The molecule has 0 saturated heterocycles. The summed E-state index contributed by atoms with van der Waals surface area (Å²) in [5.74, 6) is 5.91. The summed E-state index contributed by atoms with van der Waals surface area (Å²) in [6.07, 6.45) is 0. The zero-order valence-electron chi connectivity index (χ0n) is 68.5. The second-order valence-corrected chi connectivity index (χ2v) is 35.3. The monoisotopic (exact) mass is 1560 g/mol. The number of nitrogens with zero attached hydrogens (tertiary/aromatic N) is 4. The van der Waals surface area contributed by atoms with E-state index in [-0.39, 0.29) is 24.3 Å². The number of furan rings is 2. The summed E-state index contributed by atoms with van der Waals surface area (Å²) >= 11 is 0. The molecule has 1 N–H and O–H groups in total. The first-order valence-corrected chi connectivity index (χ1v) is 41.9. The molecule has 11 nitrogen and oxygen atoms in total. The van der Waals surface area contributed by atoms with Gasteiger partial charge >= 0.3 is 0 Å². The molecule has 2 aromatic heterocycles. The molecule has 6 aliphatic rings. The van der Waals surface area contributed by atoms with Gasteiger partial charge in [0.2, 0.25) is 0 Å². The fourth-order valence-electron chi connectivity index (χ4n) is 20.6. The van der Waals surface area contributed by atoms with E-state index >= 15 is 0 Å². The van der Waals surface area contributed by atoms with E-state index < -0.39 is 6.71 Å². The van der Waals surface area contributed by atoms with Gasteiger partial charge in [0.25, 0.3) is 20.1 Å². The van der Waals surface area contributed by atoms with Crippen LogP contribution >= 0.6 is 0 Å². The zero-order chi connectivity index (χ0) is 81.2. The van der Waals surface area contributed by atoms with E-state index in [4.69, 9.17) is 27.8 Å². The molecular weight excluding hydrogens is 1480 g/mol. The number of fused-ring (bicyclic) bond motifs is 20. The van der Waals surface area contributed by atoms with Crippen molar-refractivity contribution >= 4 is 193 Å². The third-order valence-corrected chi connectivity index (χ3v) is 25.6. The Labute approximate surface area is 703 Å². The Morgan fingerprint density at radius 3 is 1.13 bits per heavy atom. The first-order valence-electron chi connectivity index (χ1n) is 41.9. The molecule has 0 bridgehead atoms. The van der Waals surface area contributed by atoms with Gasteiger partial charge in [0.15, 0.2) is 0 Å². The van der Waals surface area contributed by atoms with E-state index in [0.717, 1.165) is 229 Å². The minimum absolute atomic E-state index is 0.206. The van der Waals surface area contributed by atoms with Crippen molar-refractivity contribution in [3.8, 4) is 46.0 Å². The van der Waals surface area contributed by atoms with Gasteiger partial charge in [-0.15, -0.1) is 0 Å². The van der Waals surface area contributed by atoms with Crippen molar-refractivity contribution in [1.82, 2.24) is 0 Å². The Morgan fingerprint density at radius 2 is 0.686 bits per heavy atom. The number of para-hydroxylation sites is 8. The van der Waals surface area contributed by atoms with E-state index in [1.807, 2.05) is 0 Å². The van der Waals surface area contributed by atoms with Gasteiger partial charge in [-0.25, -0.2) is 0 Å². The summed E-state index contributed by atoms with van der Waals surface area (Å²) in [5, 5.41) is 8.04. The molecule has 8 heterocycles. The van der Waals surface area contributed by atoms with E-state index in [1.165, 1.54) is 5.56 Å². The van der Waals surface area contributed by atoms with E-state index in [1.54, 1.807) is 0 Å². The highest BCUT2D eigenvalue weighted by Crippen LogP contribution is 2.54. The highest BCUT2D eigenvalue weighted by molar-refractivity contribution is 7.03. The van der Waals surface area contributed by atoms with Crippen LogP contribution in [0.15, 0.2) is 324 Å². The maximum Gasteiger partial charge on any atom is 0.260 e. The molecule has 0 fully saturated rings. The summed E-state index contributed by atoms with van der Waals surface area (Å²) in [5.41, 5.74) is 31.6. The number of rotatable bonds is 10. The Bertz CT molecular complexity index is 7270. The topological polar surface area (TPSA) is 88.2 Å². The SMILES string of the molecule is Cc1cc(C)c(N2c3cc4c(cc3B3c5ccc6oc7c(C(C)(C)C)cccc7c6c5Oc5cc(N(c6ccccc6)c6ccccc6)cc2c53)B2c3cc5c(cc3Oc3cc(N(c6ccccc6)c6ccccc6)cc(c32)O4)Nc2cc(N(c3ccccc3)c3ccccc3)cc3c2B5c2ccc4oc5c(C(C)(C)C)cccc5c4c2O3)c(C)c1. The van der Waals surface area contributed by atoms with Gasteiger partial charge in [0, 0.05) is 121 Å². The molecule has 24 rings (SSSR count). The quantitative estimate of drug-likeness (QED) is 0.133. The molecule has 0 atom stereocenters. The Hall–Kier alpha value is -14.5. The van der Waals surface area contributed by atoms with Gasteiger partial charge in [-0.3, -0.25) is 0 Å². The lowest BCUT2D eigenvalue weighted by molar-refractivity contribution is 0.465. The Morgan fingerprint density at radius 1 is 0.298 bits per heavy atom. The van der Waals surface area contributed by atoms with Gasteiger partial charge in [-0.05, 0) is 183 Å². The van der Waals surface area contributed by atoms with E-state index in [0.29, 0.717) is 11.5 Å². The molecule has 121 heavy (non-hydrogen) atoms. The second kappa shape index (κ2) is 26.3. The van der Waals surface area contributed by atoms with Crippen molar-refractivity contribution in [3.63, 3.8) is 0 Å². The summed E-state index contributed by atoms with van der Waals surface area (Å²) < 4.78 is 45.6. The molecule has 0 saturated carbocycles. The lowest BCUT2D eigenvalue weighted by atomic mass is 9.30. The van der Waals surface area contributed by atoms with Crippen molar-refractivity contribution < 1.29 is 27.8 Å². The van der Waals surface area contributed by atoms with Crippen LogP contribution in [0.3, 0.4) is 0 Å². The molecule has 578 valence electrons. The molecule has 16 aromatic carbocycles. The van der Waals surface area contributed by atoms with Gasteiger partial charge in [-0.1, -0.05) is 229 Å². The molecule has 18 aromatic rings. The van der Waals surface area contributed by atoms with Gasteiger partial charge in [-0.2, -0.15) is 0 Å². The minimum atomic E-state index is -0.451. The maximum atomic E-state index is 7.95. The van der Waals surface area contributed by atoms with E-state index in [9.17, 15) is 0 Å². The standard InChI is InChI=1S/C107H80B3N5O6/c1-62-50-63(2)101(64(3)51-62)115-86-61-91-83(59-81(86)109-79-47-49-89-97(75-43-29-45-77(103(75)119-89)107(7,8)9)105(79)121-93-55-72(53-87(115)99(93)109)113(67-34-20-12-21-35-67)68-36-22-13-23-37-68)110-82-58-80-84(60-90(82)116-94-56-73(57-95(117-91)100(94)110)114(69-38-24-14-25-39-69)70-40-26-15-27-41-70)111-85-52-71(112(65-30-16-10-17-31-65)66-32-18-11-19-33-66)54-92-98(85)108(80)78-46-48-88-96(104(78)120-92)74-42-28-44-76(102(74)118-88)106(4,5)6/h10-61,111H,1-9H3. The largest absolute Gasteiger partial charge is 0.458 e. The van der Waals surface area contributed by atoms with Crippen LogP contribution in [-0.2, 0) is 10.8 Å². The van der Waals surface area contributed by atoms with Crippen LogP contribution in [0.4, 0.5) is 79.6 Å². The summed E-state index contributed by atoms with van der Waals surface area (Å²) in [6.45, 7) is 19.1. The second-order valence-electron chi connectivity index (χ2n) is 35.3. The predicted octanol–water partition coefficient (Wildman–Crippen LogP) is 23.2. The first kappa shape index (κ1) is 70.7. The van der Waals surface area contributed by atoms with Crippen LogP contribution in [0, 0.1) is 20.8 Å². The van der Waals surface area contributed by atoms with Crippen molar-refractivity contribution in [1.29, 1.82) is 0 Å². The van der Waals surface area contributed by atoms with Crippen LogP contribution in [0.5, 0.6) is 46.0 Å². The average Bonchev–Trinajstić information content (AvgIpc) is 1.47. The summed E-state index contributed by atoms with van der Waals surface area (Å²) in [6, 6.07) is 114. The van der Waals surface area contributed by atoms with Crippen LogP contribution in [-0.4, -0.2) is 20.1 Å². The van der Waals surface area contributed by atoms with Gasteiger partial charge in [0.1, 0.15) is 68.3 Å². The highest BCUT2D eigenvalue weighted by atomic mass is 16.5. The average molecular weight is 1560 g/mol. The fraction of sp³-hybridized carbons (Fsp3) is 0.103. The zero-order valence-corrected chi connectivity index (χ0v) is 68.5.